The van der Waals surface area contributed by atoms with Crippen molar-refractivity contribution in [3.63, 3.8) is 0 Å². The zero-order chi connectivity index (χ0) is 25.9. The smallest absolute Gasteiger partial charge is 0.166 e. The van der Waals surface area contributed by atoms with E-state index in [1.54, 1.807) is 20.0 Å². The summed E-state index contributed by atoms with van der Waals surface area (Å²) in [6.45, 7) is 5.81. The number of hydrogen-bond acceptors (Lipinski definition) is 6. The van der Waals surface area contributed by atoms with Gasteiger partial charge >= 0.3 is 0 Å². The molecule has 10 heteroatoms. The molecule has 1 aliphatic rings. The van der Waals surface area contributed by atoms with E-state index < -0.39 is 5.60 Å². The Morgan fingerprint density at radius 1 is 1.14 bits per heavy atom. The molecule has 2 aromatic heterocycles. The molecule has 3 N–H and O–H groups in total. The predicted molar refractivity (Wildman–Crippen MR) is 152 cm³/mol. The van der Waals surface area contributed by atoms with Crippen LogP contribution in [0.15, 0.2) is 48.9 Å². The first-order valence-corrected chi connectivity index (χ1v) is 12.5. The summed E-state index contributed by atoms with van der Waals surface area (Å²) >= 11 is 0. The van der Waals surface area contributed by atoms with Crippen LogP contribution in [0.2, 0.25) is 0 Å². The van der Waals surface area contributed by atoms with Crippen molar-refractivity contribution in [1.29, 1.82) is 0 Å². The minimum absolute atomic E-state index is 0.206. The van der Waals surface area contributed by atoms with E-state index in [0.29, 0.717) is 24.2 Å². The Morgan fingerprint density at radius 2 is 1.89 bits per heavy atom. The lowest BCUT2D eigenvalue weighted by Gasteiger charge is -2.41. The average molecular weight is 481 g/mol. The molecule has 0 spiro atoms. The molecule has 36 heavy (non-hydrogen) atoms. The summed E-state index contributed by atoms with van der Waals surface area (Å²) in [5, 5.41) is 14.7. The number of nitrogens with two attached hydrogens (primary N) is 1. The second-order valence-electron chi connectivity index (χ2n) is 11.0. The van der Waals surface area contributed by atoms with Crippen molar-refractivity contribution in [2.75, 3.05) is 18.8 Å². The SMILES string of the molecule is BC(B)(B)N1CCC(n2cc(-c3cnc(N)c(OCc4cccc(C#CC(C)(C)O)c4)c3)cn2)CC1. The third-order valence-electron chi connectivity index (χ3n) is 6.44. The van der Waals surface area contributed by atoms with Crippen LogP contribution in [0.3, 0.4) is 0 Å². The van der Waals surface area contributed by atoms with E-state index in [9.17, 15) is 5.11 Å². The Balaban J connectivity index is 1.43. The summed E-state index contributed by atoms with van der Waals surface area (Å²) in [4.78, 5) is 6.90. The zero-order valence-corrected chi connectivity index (χ0v) is 22.0. The molecule has 4 rings (SSSR count). The van der Waals surface area contributed by atoms with Gasteiger partial charge in [-0.15, -0.1) is 0 Å². The summed E-state index contributed by atoms with van der Waals surface area (Å²) in [5.74, 6) is 6.71. The van der Waals surface area contributed by atoms with Gasteiger partial charge in [-0.2, -0.15) is 5.10 Å². The topological polar surface area (TPSA) is 89.4 Å². The highest BCUT2D eigenvalue weighted by molar-refractivity contribution is 6.59. The maximum absolute atomic E-state index is 9.84. The first-order chi connectivity index (χ1) is 17.0. The van der Waals surface area contributed by atoms with E-state index in [4.69, 9.17) is 10.5 Å². The number of pyridine rings is 1. The molecule has 0 aliphatic carbocycles. The molecular formula is C26H34B3N5O2. The van der Waals surface area contributed by atoms with Gasteiger partial charge in [0.05, 0.1) is 12.2 Å². The van der Waals surface area contributed by atoms with Crippen molar-refractivity contribution in [3.8, 4) is 28.7 Å². The third-order valence-corrected chi connectivity index (χ3v) is 6.44. The number of anilines is 1. The van der Waals surface area contributed by atoms with Gasteiger partial charge in [0, 0.05) is 29.1 Å². The van der Waals surface area contributed by atoms with Gasteiger partial charge < -0.3 is 20.5 Å². The highest BCUT2D eigenvalue weighted by Crippen LogP contribution is 2.30. The molecule has 3 heterocycles. The first-order valence-electron chi connectivity index (χ1n) is 12.5. The molecule has 0 atom stereocenters. The van der Waals surface area contributed by atoms with Gasteiger partial charge in [0.2, 0.25) is 0 Å². The highest BCUT2D eigenvalue weighted by atomic mass is 16.5. The fourth-order valence-electron chi connectivity index (χ4n) is 4.34. The average Bonchev–Trinajstić information content (AvgIpc) is 3.32. The second kappa shape index (κ2) is 10.5. The molecule has 0 unspecified atom stereocenters. The van der Waals surface area contributed by atoms with Crippen LogP contribution in [0.5, 0.6) is 5.75 Å². The number of ether oxygens (including phenoxy) is 1. The number of aromatic nitrogens is 3. The lowest BCUT2D eigenvalue weighted by atomic mass is 9.48. The zero-order valence-electron chi connectivity index (χ0n) is 22.0. The monoisotopic (exact) mass is 481 g/mol. The Labute approximate surface area is 216 Å². The molecule has 1 saturated heterocycles. The minimum atomic E-state index is -1.04. The summed E-state index contributed by atoms with van der Waals surface area (Å²) in [6, 6.07) is 10.1. The molecule has 7 nitrogen and oxygen atoms in total. The van der Waals surface area contributed by atoms with Crippen LogP contribution in [0.1, 0.15) is 43.9 Å². The van der Waals surface area contributed by atoms with E-state index in [1.807, 2.05) is 36.5 Å². The van der Waals surface area contributed by atoms with Crippen LogP contribution >= 0.6 is 0 Å². The fourth-order valence-corrected chi connectivity index (χ4v) is 4.34. The van der Waals surface area contributed by atoms with Gasteiger partial charge in [-0.1, -0.05) is 29.2 Å². The molecule has 1 fully saturated rings. The Kier molecular flexibility index (Phi) is 7.53. The molecule has 1 aliphatic heterocycles. The molecule has 0 saturated carbocycles. The molecule has 3 aromatic rings. The normalized spacial score (nSPS) is 15.3. The number of aliphatic hydroxyl groups is 1. The summed E-state index contributed by atoms with van der Waals surface area (Å²) in [6.07, 6.45) is 7.92. The Bertz CT molecular complexity index is 1260. The largest absolute Gasteiger partial charge is 0.485 e. The summed E-state index contributed by atoms with van der Waals surface area (Å²) in [7, 11) is 6.82. The number of nitrogens with zero attached hydrogens (tertiary/aromatic N) is 4. The van der Waals surface area contributed by atoms with Crippen LogP contribution < -0.4 is 10.5 Å². The number of benzene rings is 1. The van der Waals surface area contributed by atoms with Crippen molar-refractivity contribution < 1.29 is 9.84 Å². The van der Waals surface area contributed by atoms with E-state index >= 15 is 0 Å². The Morgan fingerprint density at radius 3 is 2.58 bits per heavy atom. The lowest BCUT2D eigenvalue weighted by Crippen LogP contribution is -2.53. The Hall–Kier alpha value is -3.15. The highest BCUT2D eigenvalue weighted by Gasteiger charge is 2.28. The van der Waals surface area contributed by atoms with Gasteiger partial charge in [0.25, 0.3) is 0 Å². The number of likely N-dealkylation sites (tertiary alicyclic amines) is 1. The van der Waals surface area contributed by atoms with E-state index in [2.05, 4.69) is 61.2 Å². The van der Waals surface area contributed by atoms with Crippen LogP contribution in [0.4, 0.5) is 5.82 Å². The number of hydrogen-bond donors (Lipinski definition) is 2. The van der Waals surface area contributed by atoms with Crippen LogP contribution in [0.25, 0.3) is 11.1 Å². The molecule has 0 amide bonds. The third kappa shape index (κ3) is 6.74. The van der Waals surface area contributed by atoms with Crippen molar-refractivity contribution in [3.05, 3.63) is 60.0 Å². The molecule has 1 aromatic carbocycles. The summed E-state index contributed by atoms with van der Waals surface area (Å²) < 4.78 is 8.12. The molecule has 0 bridgehead atoms. The number of rotatable bonds is 6. The van der Waals surface area contributed by atoms with Gasteiger partial charge in [-0.25, -0.2) is 4.98 Å². The molecule has 184 valence electrons. The molecular weight excluding hydrogens is 447 g/mol. The number of piperidine rings is 1. The first kappa shape index (κ1) is 25.9. The van der Waals surface area contributed by atoms with Crippen molar-refractivity contribution in [1.82, 2.24) is 19.7 Å². The van der Waals surface area contributed by atoms with Gasteiger partial charge in [0.15, 0.2) is 11.6 Å². The van der Waals surface area contributed by atoms with Crippen LogP contribution in [-0.2, 0) is 6.61 Å². The van der Waals surface area contributed by atoms with Crippen molar-refractivity contribution >= 4 is 29.4 Å². The van der Waals surface area contributed by atoms with Gasteiger partial charge in [0.1, 0.15) is 35.7 Å². The van der Waals surface area contributed by atoms with Crippen LogP contribution in [-0.4, -0.2) is 72.2 Å². The maximum Gasteiger partial charge on any atom is 0.166 e. The predicted octanol–water partition coefficient (Wildman–Crippen LogP) is 0.376. The van der Waals surface area contributed by atoms with E-state index in [1.165, 1.54) is 0 Å². The second-order valence-corrected chi connectivity index (χ2v) is 11.0. The van der Waals surface area contributed by atoms with E-state index in [0.717, 1.165) is 48.2 Å². The van der Waals surface area contributed by atoms with Crippen LogP contribution in [0, 0.1) is 11.8 Å². The van der Waals surface area contributed by atoms with Gasteiger partial charge in [-0.3, -0.25) is 4.68 Å². The lowest BCUT2D eigenvalue weighted by molar-refractivity contribution is 0.143. The molecule has 0 radical (unpaired) electrons. The van der Waals surface area contributed by atoms with Gasteiger partial charge in [-0.05, 0) is 63.5 Å². The quantitative estimate of drug-likeness (QED) is 0.391. The minimum Gasteiger partial charge on any atom is -0.485 e. The number of nitrogen functional groups attached to an aromatic ring is 1. The van der Waals surface area contributed by atoms with Crippen molar-refractivity contribution in [2.45, 2.75) is 50.2 Å². The van der Waals surface area contributed by atoms with E-state index in [-0.39, 0.29) is 5.24 Å². The maximum atomic E-state index is 9.84. The fraction of sp³-hybridized carbons (Fsp3) is 0.385. The summed E-state index contributed by atoms with van der Waals surface area (Å²) in [5.41, 5.74) is 8.77. The standard InChI is InChI=1S/C26H34B3N5O2/c1-25(2,35)9-6-18-4-3-5-19(12-18)17-36-23-13-20(14-31-24(23)30)21-15-32-34(16-21)22-7-10-33(11-8-22)26(27,28)29/h3-5,12-16,22,35H,7-8,10-11,17,27-29H2,1-2H3,(H2,30,31). The van der Waals surface area contributed by atoms with Crippen molar-refractivity contribution in [2.24, 2.45) is 0 Å².